The van der Waals surface area contributed by atoms with Gasteiger partial charge in [-0.1, -0.05) is 6.07 Å². The van der Waals surface area contributed by atoms with Gasteiger partial charge in [0.2, 0.25) is 0 Å². The first-order chi connectivity index (χ1) is 18.5. The fraction of sp³-hybridized carbons (Fsp3) is 0.286. The van der Waals surface area contributed by atoms with Crippen LogP contribution in [0.5, 0.6) is 0 Å². The SMILES string of the molecule is N#Cc1c[nH]c2c(=O)n(-c3cc(-c4ccc(F)cc4C(=O)C4CC(F)C4)cc(C4CC4)n3)cc(C(F)(F)F)c12. The van der Waals surface area contributed by atoms with Gasteiger partial charge in [0.15, 0.2) is 5.78 Å². The maximum absolute atomic E-state index is 14.2. The molecule has 0 radical (unpaired) electrons. The highest BCUT2D eigenvalue weighted by Gasteiger charge is 2.37. The Morgan fingerprint density at radius 3 is 2.54 bits per heavy atom. The average Bonchev–Trinajstić information content (AvgIpc) is 3.64. The van der Waals surface area contributed by atoms with Crippen molar-refractivity contribution in [3.63, 3.8) is 0 Å². The smallest absolute Gasteiger partial charge is 0.355 e. The van der Waals surface area contributed by atoms with Gasteiger partial charge in [-0.25, -0.2) is 13.8 Å². The minimum atomic E-state index is -4.88. The maximum atomic E-state index is 14.2. The quantitative estimate of drug-likeness (QED) is 0.241. The van der Waals surface area contributed by atoms with Crippen LogP contribution in [0.2, 0.25) is 0 Å². The third-order valence-electron chi connectivity index (χ3n) is 7.35. The lowest BCUT2D eigenvalue weighted by Gasteiger charge is -2.29. The first-order valence-corrected chi connectivity index (χ1v) is 12.3. The number of carbonyl (C=O) groups is 1. The van der Waals surface area contributed by atoms with Crippen molar-refractivity contribution in [2.75, 3.05) is 0 Å². The van der Waals surface area contributed by atoms with Crippen LogP contribution >= 0.6 is 0 Å². The lowest BCUT2D eigenvalue weighted by molar-refractivity contribution is -0.136. The zero-order valence-electron chi connectivity index (χ0n) is 20.1. The molecule has 6 rings (SSSR count). The summed E-state index contributed by atoms with van der Waals surface area (Å²) in [6, 6.07) is 8.34. The number of H-pyrrole nitrogens is 1. The predicted octanol–water partition coefficient (Wildman–Crippen LogP) is 6.22. The second-order valence-electron chi connectivity index (χ2n) is 10.0. The molecule has 0 spiro atoms. The Kier molecular flexibility index (Phi) is 5.68. The van der Waals surface area contributed by atoms with Gasteiger partial charge in [-0.05, 0) is 61.1 Å². The monoisotopic (exact) mass is 538 g/mol. The number of carbonyl (C=O) groups excluding carboxylic acids is 1. The van der Waals surface area contributed by atoms with Crippen molar-refractivity contribution in [3.8, 4) is 23.0 Å². The molecule has 3 heterocycles. The van der Waals surface area contributed by atoms with E-state index < -0.39 is 51.9 Å². The summed E-state index contributed by atoms with van der Waals surface area (Å²) >= 11 is 0. The minimum absolute atomic E-state index is 0.0134. The number of alkyl halides is 4. The first-order valence-electron chi connectivity index (χ1n) is 12.3. The van der Waals surface area contributed by atoms with Crippen LogP contribution in [0, 0.1) is 23.1 Å². The summed E-state index contributed by atoms with van der Waals surface area (Å²) in [7, 11) is 0. The molecule has 2 aliphatic rings. The molecule has 1 N–H and O–H groups in total. The summed E-state index contributed by atoms with van der Waals surface area (Å²) < 4.78 is 70.6. The number of nitriles is 1. The fourth-order valence-corrected chi connectivity index (χ4v) is 5.08. The van der Waals surface area contributed by atoms with Crippen molar-refractivity contribution >= 4 is 16.7 Å². The molecule has 0 saturated heterocycles. The van der Waals surface area contributed by atoms with E-state index in [9.17, 15) is 36.8 Å². The molecule has 4 aromatic rings. The highest BCUT2D eigenvalue weighted by Crippen LogP contribution is 2.42. The van der Waals surface area contributed by atoms with E-state index in [1.54, 1.807) is 12.1 Å². The molecule has 198 valence electrons. The molecule has 0 amide bonds. The van der Waals surface area contributed by atoms with Gasteiger partial charge in [0.1, 0.15) is 29.4 Å². The zero-order chi connectivity index (χ0) is 27.6. The molecule has 2 fully saturated rings. The van der Waals surface area contributed by atoms with E-state index in [1.165, 1.54) is 12.1 Å². The van der Waals surface area contributed by atoms with Crippen molar-refractivity contribution in [3.05, 3.63) is 81.3 Å². The van der Waals surface area contributed by atoms with Gasteiger partial charge in [-0.2, -0.15) is 18.4 Å². The molecule has 39 heavy (non-hydrogen) atoms. The Morgan fingerprint density at radius 2 is 1.90 bits per heavy atom. The van der Waals surface area contributed by atoms with Crippen molar-refractivity contribution in [1.82, 2.24) is 14.5 Å². The predicted molar refractivity (Wildman–Crippen MR) is 131 cm³/mol. The van der Waals surface area contributed by atoms with Crippen LogP contribution in [0.3, 0.4) is 0 Å². The van der Waals surface area contributed by atoms with Gasteiger partial charge in [-0.3, -0.25) is 14.2 Å². The highest BCUT2D eigenvalue weighted by molar-refractivity contribution is 6.04. The number of Topliss-reactive ketones (excluding diaryl/α,β-unsaturated/α-hetero) is 1. The molecule has 6 nitrogen and oxygen atoms in total. The van der Waals surface area contributed by atoms with E-state index in [-0.39, 0.29) is 35.7 Å². The number of benzene rings is 1. The van der Waals surface area contributed by atoms with E-state index in [0.29, 0.717) is 23.0 Å². The number of fused-ring (bicyclic) bond motifs is 1. The van der Waals surface area contributed by atoms with Gasteiger partial charge in [0, 0.05) is 40.9 Å². The van der Waals surface area contributed by atoms with Crippen LogP contribution in [0.1, 0.15) is 58.8 Å². The Morgan fingerprint density at radius 1 is 1.15 bits per heavy atom. The topological polar surface area (TPSA) is 91.5 Å². The second kappa shape index (κ2) is 8.86. The summed E-state index contributed by atoms with van der Waals surface area (Å²) in [5.41, 5.74) is -1.51. The van der Waals surface area contributed by atoms with Crippen LogP contribution in [0.25, 0.3) is 27.8 Å². The summed E-state index contributed by atoms with van der Waals surface area (Å²) in [5, 5.41) is 8.77. The third-order valence-corrected chi connectivity index (χ3v) is 7.35. The maximum Gasteiger partial charge on any atom is 0.418 e. The fourth-order valence-electron chi connectivity index (χ4n) is 5.08. The molecule has 0 atom stereocenters. The number of aromatic amines is 1. The molecule has 0 bridgehead atoms. The standard InChI is InChI=1S/C28H19F5N4O2/c29-17-3-4-19(20(9-17)26(38)15-5-18(30)6-15)14-7-22(13-1-2-13)36-23(8-14)37-12-21(28(31,32)33)24-16(10-34)11-35-25(24)27(37)39/h3-4,7-9,11-13,15,18,35H,1-2,5-6H2. The van der Waals surface area contributed by atoms with Crippen molar-refractivity contribution in [2.24, 2.45) is 5.92 Å². The Balaban J connectivity index is 1.57. The molecular formula is C28H19F5N4O2. The molecular weight excluding hydrogens is 519 g/mol. The number of pyridine rings is 2. The van der Waals surface area contributed by atoms with Gasteiger partial charge < -0.3 is 4.98 Å². The number of nitrogens with zero attached hydrogens (tertiary/aromatic N) is 3. The van der Waals surface area contributed by atoms with E-state index in [1.807, 2.05) is 0 Å². The Labute approximate surface area is 217 Å². The summed E-state index contributed by atoms with van der Waals surface area (Å²) in [4.78, 5) is 33.4. The summed E-state index contributed by atoms with van der Waals surface area (Å²) in [6.07, 6.45) is -2.65. The van der Waals surface area contributed by atoms with Crippen molar-refractivity contribution in [1.29, 1.82) is 5.26 Å². The molecule has 0 unspecified atom stereocenters. The third kappa shape index (κ3) is 4.30. The molecule has 11 heteroatoms. The largest absolute Gasteiger partial charge is 0.418 e. The lowest BCUT2D eigenvalue weighted by atomic mass is 9.77. The summed E-state index contributed by atoms with van der Waals surface area (Å²) in [5.74, 6) is -1.77. The average molecular weight is 538 g/mol. The molecule has 1 aromatic carbocycles. The Hall–Kier alpha value is -4.33. The van der Waals surface area contributed by atoms with Crippen LogP contribution in [0.4, 0.5) is 22.0 Å². The number of ketones is 1. The van der Waals surface area contributed by atoms with Crippen LogP contribution < -0.4 is 5.56 Å². The van der Waals surface area contributed by atoms with E-state index in [0.717, 1.165) is 35.7 Å². The highest BCUT2D eigenvalue weighted by atomic mass is 19.4. The normalized spacial score (nSPS) is 19.1. The van der Waals surface area contributed by atoms with E-state index in [4.69, 9.17) is 0 Å². The minimum Gasteiger partial charge on any atom is -0.355 e. The number of hydrogen-bond donors (Lipinski definition) is 1. The molecule has 2 aliphatic carbocycles. The first kappa shape index (κ1) is 25.0. The summed E-state index contributed by atoms with van der Waals surface area (Å²) in [6.45, 7) is 0. The molecule has 0 aliphatic heterocycles. The van der Waals surface area contributed by atoms with Crippen LogP contribution in [-0.4, -0.2) is 26.5 Å². The van der Waals surface area contributed by atoms with Gasteiger partial charge in [-0.15, -0.1) is 0 Å². The second-order valence-corrected chi connectivity index (χ2v) is 10.0. The zero-order valence-corrected chi connectivity index (χ0v) is 20.1. The van der Waals surface area contributed by atoms with E-state index in [2.05, 4.69) is 9.97 Å². The van der Waals surface area contributed by atoms with Gasteiger partial charge in [0.25, 0.3) is 5.56 Å². The Bertz CT molecular complexity index is 1750. The lowest BCUT2D eigenvalue weighted by Crippen LogP contribution is -2.32. The number of halogens is 5. The van der Waals surface area contributed by atoms with Crippen LogP contribution in [-0.2, 0) is 6.18 Å². The number of hydrogen-bond acceptors (Lipinski definition) is 4. The molecule has 2 saturated carbocycles. The van der Waals surface area contributed by atoms with Gasteiger partial charge in [0.05, 0.1) is 11.1 Å². The number of rotatable bonds is 5. The molecule has 3 aromatic heterocycles. The van der Waals surface area contributed by atoms with Crippen LogP contribution in [0.15, 0.2) is 47.5 Å². The van der Waals surface area contributed by atoms with Crippen molar-refractivity contribution in [2.45, 2.75) is 43.9 Å². The van der Waals surface area contributed by atoms with E-state index >= 15 is 0 Å². The number of nitrogens with one attached hydrogen (secondary N) is 1. The van der Waals surface area contributed by atoms with Crippen molar-refractivity contribution < 1.29 is 26.7 Å². The van der Waals surface area contributed by atoms with Gasteiger partial charge >= 0.3 is 6.18 Å². The number of aromatic nitrogens is 3.